The predicted molar refractivity (Wildman–Crippen MR) is 97.0 cm³/mol. The molecule has 1 atom stereocenters. The molecule has 6 nitrogen and oxygen atoms in total. The van der Waals surface area contributed by atoms with E-state index in [1.165, 1.54) is 27.1 Å². The van der Waals surface area contributed by atoms with Crippen LogP contribution in [0.25, 0.3) is 21.6 Å². The number of aromatic nitrogens is 6. The van der Waals surface area contributed by atoms with E-state index in [1.54, 1.807) is 18.1 Å². The van der Waals surface area contributed by atoms with Crippen LogP contribution in [0, 0.1) is 5.92 Å². The van der Waals surface area contributed by atoms with Crippen molar-refractivity contribution in [1.82, 2.24) is 29.2 Å². The van der Waals surface area contributed by atoms with Crippen molar-refractivity contribution in [2.24, 2.45) is 5.92 Å². The summed E-state index contributed by atoms with van der Waals surface area (Å²) in [6.07, 6.45) is 6.99. The molecule has 122 valence electrons. The van der Waals surface area contributed by atoms with Gasteiger partial charge in [0.15, 0.2) is 10.8 Å². The highest BCUT2D eigenvalue weighted by Crippen LogP contribution is 2.40. The summed E-state index contributed by atoms with van der Waals surface area (Å²) in [6.45, 7) is 6.14. The maximum atomic E-state index is 4.52. The molecular weight excluding hydrogens is 340 g/mol. The lowest BCUT2D eigenvalue weighted by Gasteiger charge is -2.17. The van der Waals surface area contributed by atoms with E-state index in [0.717, 1.165) is 41.1 Å². The Hall–Kier alpha value is -1.93. The maximum Gasteiger partial charge on any atom is 0.260 e. The summed E-state index contributed by atoms with van der Waals surface area (Å²) in [4.78, 5) is 7.20. The van der Waals surface area contributed by atoms with Crippen molar-refractivity contribution in [3.8, 4) is 0 Å². The van der Waals surface area contributed by atoms with Crippen molar-refractivity contribution in [3.63, 3.8) is 0 Å². The number of aryl methyl sites for hydroxylation is 1. The van der Waals surface area contributed by atoms with Gasteiger partial charge in [0.25, 0.3) is 5.78 Å². The smallest absolute Gasteiger partial charge is 0.244 e. The monoisotopic (exact) mass is 356 g/mol. The topological polar surface area (TPSA) is 60.4 Å². The van der Waals surface area contributed by atoms with E-state index in [9.17, 15) is 0 Å². The Morgan fingerprint density at radius 3 is 3.25 bits per heavy atom. The Morgan fingerprint density at radius 2 is 2.38 bits per heavy atom. The summed E-state index contributed by atoms with van der Waals surface area (Å²) < 4.78 is 3.96. The van der Waals surface area contributed by atoms with Crippen LogP contribution in [0.15, 0.2) is 24.1 Å². The molecule has 0 aliphatic heterocycles. The molecule has 0 aromatic carbocycles. The first kappa shape index (κ1) is 14.4. The molecule has 1 aliphatic rings. The molecule has 4 heterocycles. The molecule has 5 rings (SSSR count). The lowest BCUT2D eigenvalue weighted by molar-refractivity contribution is 0.509. The minimum absolute atomic E-state index is 0.730. The van der Waals surface area contributed by atoms with Gasteiger partial charge in [-0.25, -0.2) is 9.38 Å². The Bertz CT molecular complexity index is 1090. The quantitative estimate of drug-likeness (QED) is 0.416. The Morgan fingerprint density at radius 1 is 1.46 bits per heavy atom. The molecule has 0 N–H and O–H groups in total. The van der Waals surface area contributed by atoms with Crippen molar-refractivity contribution >= 4 is 44.7 Å². The molecular formula is C16H16N6S2. The normalized spacial score (nSPS) is 17.8. The second kappa shape index (κ2) is 5.29. The molecule has 0 saturated heterocycles. The second-order valence-corrected chi connectivity index (χ2v) is 8.32. The second-order valence-electron chi connectivity index (χ2n) is 6.25. The first-order valence-corrected chi connectivity index (χ1v) is 9.83. The molecule has 0 unspecified atom stereocenters. The van der Waals surface area contributed by atoms with Crippen LogP contribution in [0.1, 0.15) is 23.8 Å². The van der Waals surface area contributed by atoms with Crippen molar-refractivity contribution in [2.75, 3.05) is 5.75 Å². The van der Waals surface area contributed by atoms with E-state index >= 15 is 0 Å². The zero-order valence-electron chi connectivity index (χ0n) is 13.3. The maximum absolute atomic E-state index is 4.52. The van der Waals surface area contributed by atoms with Crippen molar-refractivity contribution in [3.05, 3.63) is 29.4 Å². The van der Waals surface area contributed by atoms with Gasteiger partial charge in [0.2, 0.25) is 0 Å². The summed E-state index contributed by atoms with van der Waals surface area (Å²) in [5.74, 6) is 2.28. The van der Waals surface area contributed by atoms with Crippen LogP contribution in [0.5, 0.6) is 0 Å². The largest absolute Gasteiger partial charge is 0.260 e. The third-order valence-corrected chi connectivity index (χ3v) is 6.77. The van der Waals surface area contributed by atoms with Crippen LogP contribution in [0.4, 0.5) is 0 Å². The van der Waals surface area contributed by atoms with Gasteiger partial charge in [-0.2, -0.15) is 9.61 Å². The SMILES string of the molecule is C=CCSc1nnc2n3ncnc3c3c4c(sc3n12)C[C@H](C)CC4. The van der Waals surface area contributed by atoms with Crippen molar-refractivity contribution in [2.45, 2.75) is 31.3 Å². The van der Waals surface area contributed by atoms with Crippen LogP contribution in [-0.4, -0.2) is 34.9 Å². The molecule has 0 fully saturated rings. The first-order valence-electron chi connectivity index (χ1n) is 8.02. The minimum atomic E-state index is 0.730. The number of hydrogen-bond donors (Lipinski definition) is 0. The zero-order chi connectivity index (χ0) is 16.3. The minimum Gasteiger partial charge on any atom is -0.244 e. The number of thiophene rings is 1. The summed E-state index contributed by atoms with van der Waals surface area (Å²) in [6, 6.07) is 0. The fourth-order valence-corrected chi connectivity index (χ4v) is 5.72. The van der Waals surface area contributed by atoms with E-state index in [0.29, 0.717) is 0 Å². The van der Waals surface area contributed by atoms with Gasteiger partial charge in [0, 0.05) is 10.6 Å². The highest BCUT2D eigenvalue weighted by Gasteiger charge is 2.26. The average Bonchev–Trinajstić information content (AvgIpc) is 3.27. The van der Waals surface area contributed by atoms with E-state index in [1.807, 2.05) is 21.9 Å². The van der Waals surface area contributed by atoms with Crippen LogP contribution < -0.4 is 0 Å². The summed E-state index contributed by atoms with van der Waals surface area (Å²) in [7, 11) is 0. The third kappa shape index (κ3) is 1.89. The van der Waals surface area contributed by atoms with E-state index in [2.05, 4.69) is 38.2 Å². The van der Waals surface area contributed by atoms with Crippen LogP contribution in [0.2, 0.25) is 0 Å². The number of thioether (sulfide) groups is 1. The van der Waals surface area contributed by atoms with Gasteiger partial charge in [-0.1, -0.05) is 24.8 Å². The standard InChI is InChI=1S/C16H16N6S2/c1-3-6-23-16-20-19-15-21(16)14-12(13-17-8-18-22(13)15)10-5-4-9(2)7-11(10)24-14/h3,8-9H,1,4-7H2,2H3/t9-/m1/s1. The van der Waals surface area contributed by atoms with Gasteiger partial charge in [-0.15, -0.1) is 28.1 Å². The number of rotatable bonds is 3. The lowest BCUT2D eigenvalue weighted by atomic mass is 9.89. The van der Waals surface area contributed by atoms with Gasteiger partial charge >= 0.3 is 0 Å². The summed E-state index contributed by atoms with van der Waals surface area (Å²) >= 11 is 3.51. The number of nitrogens with zero attached hydrogens (tertiary/aromatic N) is 6. The molecule has 8 heteroatoms. The summed E-state index contributed by atoms with van der Waals surface area (Å²) in [5.41, 5.74) is 2.35. The van der Waals surface area contributed by atoms with Crippen LogP contribution in [-0.2, 0) is 12.8 Å². The fraction of sp³-hybridized carbons (Fsp3) is 0.375. The number of hydrogen-bond acceptors (Lipinski definition) is 6. The zero-order valence-corrected chi connectivity index (χ0v) is 14.9. The van der Waals surface area contributed by atoms with Gasteiger partial charge in [-0.05, 0) is 30.7 Å². The molecule has 24 heavy (non-hydrogen) atoms. The molecule has 0 radical (unpaired) electrons. The summed E-state index contributed by atoms with van der Waals surface area (Å²) in [5, 5.41) is 15.3. The van der Waals surface area contributed by atoms with Crippen LogP contribution >= 0.6 is 23.1 Å². The highest BCUT2D eigenvalue weighted by atomic mass is 32.2. The molecule has 1 aliphatic carbocycles. The van der Waals surface area contributed by atoms with Gasteiger partial charge < -0.3 is 0 Å². The Balaban J connectivity index is 1.92. The highest BCUT2D eigenvalue weighted by molar-refractivity contribution is 7.99. The molecule has 0 bridgehead atoms. The predicted octanol–water partition coefficient (Wildman–Crippen LogP) is 3.39. The fourth-order valence-electron chi connectivity index (χ4n) is 3.49. The average molecular weight is 356 g/mol. The van der Waals surface area contributed by atoms with E-state index in [4.69, 9.17) is 0 Å². The van der Waals surface area contributed by atoms with Gasteiger partial charge in [0.05, 0.1) is 5.39 Å². The van der Waals surface area contributed by atoms with Crippen LogP contribution in [0.3, 0.4) is 0 Å². The first-order chi connectivity index (χ1) is 11.8. The number of fused-ring (bicyclic) bond motifs is 8. The molecule has 0 amide bonds. The lowest BCUT2D eigenvalue weighted by Crippen LogP contribution is -2.08. The van der Waals surface area contributed by atoms with Crippen molar-refractivity contribution in [1.29, 1.82) is 0 Å². The molecule has 0 saturated carbocycles. The van der Waals surface area contributed by atoms with Gasteiger partial charge in [-0.3, -0.25) is 0 Å². The molecule has 4 aromatic rings. The third-order valence-electron chi connectivity index (χ3n) is 4.60. The van der Waals surface area contributed by atoms with Crippen molar-refractivity contribution < 1.29 is 0 Å². The van der Waals surface area contributed by atoms with E-state index in [-0.39, 0.29) is 0 Å². The van der Waals surface area contributed by atoms with E-state index < -0.39 is 0 Å². The molecule has 0 spiro atoms. The molecule has 4 aromatic heterocycles. The van der Waals surface area contributed by atoms with Gasteiger partial charge in [0.1, 0.15) is 11.2 Å². The Labute approximate surface area is 146 Å². The Kier molecular flexibility index (Phi) is 3.18.